The van der Waals surface area contributed by atoms with Gasteiger partial charge in [-0.2, -0.15) is 0 Å². The number of H-pyrrole nitrogens is 2. The van der Waals surface area contributed by atoms with Crippen molar-refractivity contribution in [2.24, 2.45) is 0 Å². The molecule has 0 atom stereocenters. The van der Waals surface area contributed by atoms with Gasteiger partial charge in [0.05, 0.1) is 18.3 Å². The van der Waals surface area contributed by atoms with Crippen molar-refractivity contribution in [3.63, 3.8) is 0 Å². The Morgan fingerprint density at radius 2 is 2.24 bits per heavy atom. The van der Waals surface area contributed by atoms with Gasteiger partial charge in [0.1, 0.15) is 17.3 Å². The summed E-state index contributed by atoms with van der Waals surface area (Å²) in [6, 6.07) is 8.01. The topological polar surface area (TPSA) is 99.6 Å². The van der Waals surface area contributed by atoms with E-state index in [2.05, 4.69) is 41.4 Å². The highest BCUT2D eigenvalue weighted by Crippen LogP contribution is 2.24. The van der Waals surface area contributed by atoms with Crippen LogP contribution in [0.15, 0.2) is 45.5 Å². The van der Waals surface area contributed by atoms with E-state index in [9.17, 15) is 9.18 Å². The molecule has 3 N–H and O–H groups in total. The van der Waals surface area contributed by atoms with E-state index in [1.54, 1.807) is 18.2 Å². The second kappa shape index (κ2) is 6.17. The Kier molecular flexibility index (Phi) is 3.85. The Bertz CT molecular complexity index is 1050. The van der Waals surface area contributed by atoms with Crippen LogP contribution in [0.2, 0.25) is 0 Å². The van der Waals surface area contributed by atoms with Gasteiger partial charge in [0, 0.05) is 9.86 Å². The summed E-state index contributed by atoms with van der Waals surface area (Å²) in [5, 5.41) is 9.81. The van der Waals surface area contributed by atoms with Gasteiger partial charge in [-0.05, 0) is 30.3 Å². The van der Waals surface area contributed by atoms with E-state index in [4.69, 9.17) is 4.42 Å². The van der Waals surface area contributed by atoms with Crippen LogP contribution in [0.25, 0.3) is 22.5 Å². The molecule has 0 saturated heterocycles. The molecule has 3 aromatic heterocycles. The SMILES string of the molecule is O=C(NCc1nc(-c2ccco2)n[nH]1)c1cc2c(F)cc(Br)cc2[nH]1. The van der Waals surface area contributed by atoms with Crippen LogP contribution >= 0.6 is 15.9 Å². The molecular formula is C16H11BrFN5O2. The number of hydrogen-bond donors (Lipinski definition) is 3. The van der Waals surface area contributed by atoms with Gasteiger partial charge in [0.25, 0.3) is 5.91 Å². The van der Waals surface area contributed by atoms with Gasteiger partial charge in [-0.25, -0.2) is 9.37 Å². The first kappa shape index (κ1) is 15.6. The molecule has 9 heteroatoms. The third-order valence-electron chi connectivity index (χ3n) is 3.59. The standard InChI is InChI=1S/C16H11BrFN5O2/c17-8-4-10(18)9-6-12(20-11(9)5-8)16(24)19-7-14-21-15(23-22-14)13-2-1-3-25-13/h1-6,20H,7H2,(H,19,24)(H,21,22,23). The number of fused-ring (bicyclic) bond motifs is 1. The van der Waals surface area contributed by atoms with Gasteiger partial charge in [0.2, 0.25) is 5.82 Å². The van der Waals surface area contributed by atoms with Gasteiger partial charge < -0.3 is 14.7 Å². The van der Waals surface area contributed by atoms with Gasteiger partial charge >= 0.3 is 0 Å². The third kappa shape index (κ3) is 3.05. The molecule has 7 nitrogen and oxygen atoms in total. The van der Waals surface area contributed by atoms with Crippen molar-refractivity contribution in [1.29, 1.82) is 0 Å². The molecule has 0 bridgehead atoms. The first-order chi connectivity index (χ1) is 12.1. The van der Waals surface area contributed by atoms with Crippen molar-refractivity contribution in [2.45, 2.75) is 6.54 Å². The molecule has 0 spiro atoms. The monoisotopic (exact) mass is 403 g/mol. The lowest BCUT2D eigenvalue weighted by Crippen LogP contribution is -2.23. The zero-order chi connectivity index (χ0) is 17.4. The first-order valence-electron chi connectivity index (χ1n) is 7.31. The van der Waals surface area contributed by atoms with E-state index < -0.39 is 5.82 Å². The summed E-state index contributed by atoms with van der Waals surface area (Å²) in [6.07, 6.45) is 1.53. The quantitative estimate of drug-likeness (QED) is 0.486. The number of amides is 1. The number of carbonyl (C=O) groups excluding carboxylic acids is 1. The molecule has 4 aromatic rings. The van der Waals surface area contributed by atoms with Crippen LogP contribution in [0.3, 0.4) is 0 Å². The molecule has 3 heterocycles. The number of furan rings is 1. The molecule has 25 heavy (non-hydrogen) atoms. The molecule has 0 aliphatic carbocycles. The maximum Gasteiger partial charge on any atom is 0.268 e. The number of rotatable bonds is 4. The van der Waals surface area contributed by atoms with Crippen molar-refractivity contribution in [3.8, 4) is 11.6 Å². The Balaban J connectivity index is 1.48. The average Bonchev–Trinajstić information content (AvgIpc) is 3.31. The lowest BCUT2D eigenvalue weighted by molar-refractivity contribution is 0.0946. The van der Waals surface area contributed by atoms with Crippen LogP contribution in [-0.2, 0) is 6.54 Å². The second-order valence-corrected chi connectivity index (χ2v) is 6.21. The smallest absolute Gasteiger partial charge is 0.268 e. The highest BCUT2D eigenvalue weighted by atomic mass is 79.9. The minimum atomic E-state index is -0.405. The molecule has 0 aliphatic heterocycles. The van der Waals surface area contributed by atoms with Crippen LogP contribution in [0.5, 0.6) is 0 Å². The fraction of sp³-hybridized carbons (Fsp3) is 0.0625. The predicted molar refractivity (Wildman–Crippen MR) is 91.2 cm³/mol. The van der Waals surface area contributed by atoms with E-state index in [-0.39, 0.29) is 18.1 Å². The maximum absolute atomic E-state index is 13.9. The average molecular weight is 404 g/mol. The van der Waals surface area contributed by atoms with Crippen LogP contribution < -0.4 is 5.32 Å². The number of nitrogens with zero attached hydrogens (tertiary/aromatic N) is 2. The maximum atomic E-state index is 13.9. The summed E-state index contributed by atoms with van der Waals surface area (Å²) in [4.78, 5) is 19.4. The minimum absolute atomic E-state index is 0.147. The van der Waals surface area contributed by atoms with Crippen LogP contribution in [0, 0.1) is 5.82 Å². The van der Waals surface area contributed by atoms with Gasteiger partial charge in [0.15, 0.2) is 5.76 Å². The molecule has 0 radical (unpaired) electrons. The molecule has 0 saturated carbocycles. The lowest BCUT2D eigenvalue weighted by Gasteiger charge is -2.00. The Labute approximate surface area is 148 Å². The molecule has 4 rings (SSSR count). The predicted octanol–water partition coefficient (Wildman–Crippen LogP) is 3.38. The van der Waals surface area contributed by atoms with Gasteiger partial charge in [-0.3, -0.25) is 9.89 Å². The summed E-state index contributed by atoms with van der Waals surface area (Å²) in [6.45, 7) is 0.147. The number of carbonyl (C=O) groups is 1. The third-order valence-corrected chi connectivity index (χ3v) is 4.04. The number of benzene rings is 1. The summed E-state index contributed by atoms with van der Waals surface area (Å²) >= 11 is 3.22. The van der Waals surface area contributed by atoms with Crippen molar-refractivity contribution in [2.75, 3.05) is 0 Å². The summed E-state index contributed by atoms with van der Waals surface area (Å²) < 4.78 is 19.7. The van der Waals surface area contributed by atoms with Crippen molar-refractivity contribution in [3.05, 3.63) is 58.4 Å². The molecule has 0 aliphatic rings. The zero-order valence-electron chi connectivity index (χ0n) is 12.6. The summed E-state index contributed by atoms with van der Waals surface area (Å²) in [5.41, 5.74) is 0.801. The van der Waals surface area contributed by atoms with Crippen LogP contribution in [0.1, 0.15) is 16.3 Å². The van der Waals surface area contributed by atoms with Crippen LogP contribution in [0.4, 0.5) is 4.39 Å². The summed E-state index contributed by atoms with van der Waals surface area (Å²) in [5.74, 6) is 0.641. The van der Waals surface area contributed by atoms with E-state index in [1.165, 1.54) is 18.4 Å². The first-order valence-corrected chi connectivity index (χ1v) is 8.10. The molecule has 1 amide bonds. The van der Waals surface area contributed by atoms with Crippen molar-refractivity contribution < 1.29 is 13.6 Å². The molecular weight excluding hydrogens is 393 g/mol. The van der Waals surface area contributed by atoms with Gasteiger partial charge in [-0.1, -0.05) is 15.9 Å². The van der Waals surface area contributed by atoms with E-state index in [0.29, 0.717) is 32.8 Å². The van der Waals surface area contributed by atoms with Crippen molar-refractivity contribution >= 4 is 32.7 Å². The van der Waals surface area contributed by atoms with Crippen LogP contribution in [-0.4, -0.2) is 26.1 Å². The van der Waals surface area contributed by atoms with E-state index in [0.717, 1.165) is 0 Å². The Morgan fingerprint density at radius 1 is 1.36 bits per heavy atom. The van der Waals surface area contributed by atoms with E-state index in [1.807, 2.05) is 0 Å². The molecule has 1 aromatic carbocycles. The number of hydrogen-bond acceptors (Lipinski definition) is 4. The summed E-state index contributed by atoms with van der Waals surface area (Å²) in [7, 11) is 0. The fourth-order valence-electron chi connectivity index (χ4n) is 2.43. The largest absolute Gasteiger partial charge is 0.461 e. The second-order valence-electron chi connectivity index (χ2n) is 5.30. The Morgan fingerprint density at radius 3 is 3.04 bits per heavy atom. The fourth-order valence-corrected chi connectivity index (χ4v) is 2.86. The highest BCUT2D eigenvalue weighted by Gasteiger charge is 2.14. The Hall–Kier alpha value is -2.94. The lowest BCUT2D eigenvalue weighted by atomic mass is 10.2. The highest BCUT2D eigenvalue weighted by molar-refractivity contribution is 9.10. The minimum Gasteiger partial charge on any atom is -0.461 e. The van der Waals surface area contributed by atoms with Crippen molar-refractivity contribution in [1.82, 2.24) is 25.5 Å². The molecule has 0 unspecified atom stereocenters. The number of aromatic nitrogens is 4. The molecule has 0 fully saturated rings. The van der Waals surface area contributed by atoms with E-state index >= 15 is 0 Å². The normalized spacial score (nSPS) is 11.1. The number of nitrogens with one attached hydrogen (secondary N) is 3. The van der Waals surface area contributed by atoms with Gasteiger partial charge in [-0.15, -0.1) is 5.10 Å². The zero-order valence-corrected chi connectivity index (χ0v) is 14.2. The molecule has 126 valence electrons. The number of aromatic amines is 2. The number of halogens is 2.